The Kier molecular flexibility index (Phi) is 9.28. The summed E-state index contributed by atoms with van der Waals surface area (Å²) in [6, 6.07) is 11.6. The Bertz CT molecular complexity index is 1050. The van der Waals surface area contributed by atoms with Gasteiger partial charge in [-0.25, -0.2) is 8.42 Å². The van der Waals surface area contributed by atoms with Crippen LogP contribution in [0.3, 0.4) is 0 Å². The number of morpholine rings is 1. The number of amides is 1. The fourth-order valence-corrected chi connectivity index (χ4v) is 5.29. The Morgan fingerprint density at radius 1 is 1.06 bits per heavy atom. The van der Waals surface area contributed by atoms with Crippen molar-refractivity contribution in [1.29, 1.82) is 0 Å². The van der Waals surface area contributed by atoms with Crippen molar-refractivity contribution in [2.45, 2.75) is 24.8 Å². The fraction of sp³-hybridized carbons (Fsp3) is 0.458. The van der Waals surface area contributed by atoms with Gasteiger partial charge in [-0.15, -0.1) is 0 Å². The first-order chi connectivity index (χ1) is 16.3. The Morgan fingerprint density at radius 2 is 1.74 bits per heavy atom. The third-order valence-corrected chi connectivity index (χ3v) is 7.46. The van der Waals surface area contributed by atoms with E-state index in [0.29, 0.717) is 43.4 Å². The number of sulfonamides is 1. The highest BCUT2D eigenvalue weighted by atomic mass is 32.2. The predicted molar refractivity (Wildman–Crippen MR) is 130 cm³/mol. The number of hydrogen-bond donors (Lipinski definition) is 1. The lowest BCUT2D eigenvalue weighted by Crippen LogP contribution is -2.39. The van der Waals surface area contributed by atoms with Crippen LogP contribution in [0.2, 0.25) is 0 Å². The molecule has 0 unspecified atom stereocenters. The van der Waals surface area contributed by atoms with Crippen LogP contribution >= 0.6 is 0 Å². The first kappa shape index (κ1) is 26.0. The number of hydrogen-bond acceptors (Lipinski definition) is 7. The summed E-state index contributed by atoms with van der Waals surface area (Å²) in [4.78, 5) is 13.7. The van der Waals surface area contributed by atoms with Gasteiger partial charge in [0.2, 0.25) is 15.9 Å². The molecule has 0 spiro atoms. The molecule has 1 fully saturated rings. The van der Waals surface area contributed by atoms with Gasteiger partial charge in [0.15, 0.2) is 11.5 Å². The van der Waals surface area contributed by atoms with E-state index in [0.717, 1.165) is 25.2 Å². The lowest BCUT2D eigenvalue weighted by atomic mass is 10.2. The third-order valence-electron chi connectivity index (χ3n) is 5.60. The highest BCUT2D eigenvalue weighted by Crippen LogP contribution is 2.29. The minimum Gasteiger partial charge on any atom is -0.493 e. The Hall–Kier alpha value is -2.66. The third kappa shape index (κ3) is 6.92. The second kappa shape index (κ2) is 12.2. The smallest absolute Gasteiger partial charge is 0.243 e. The SMILES string of the molecule is COc1ccc(CN(CCCN2CCOCC2)S(=O)(=O)c2ccc(NC(C)=O)cc2)cc1OC. The maximum absolute atomic E-state index is 13.6. The summed E-state index contributed by atoms with van der Waals surface area (Å²) in [5, 5.41) is 2.66. The summed E-state index contributed by atoms with van der Waals surface area (Å²) in [5.74, 6) is 0.917. The predicted octanol–water partition coefficient (Wildman–Crippen LogP) is 2.58. The van der Waals surface area contributed by atoms with E-state index in [1.165, 1.54) is 23.4 Å². The molecule has 1 N–H and O–H groups in total. The van der Waals surface area contributed by atoms with Crippen molar-refractivity contribution < 1.29 is 27.4 Å². The van der Waals surface area contributed by atoms with Gasteiger partial charge < -0.3 is 19.5 Å². The van der Waals surface area contributed by atoms with E-state index >= 15 is 0 Å². The minimum atomic E-state index is -3.78. The van der Waals surface area contributed by atoms with Gasteiger partial charge in [0.25, 0.3) is 0 Å². The summed E-state index contributed by atoms with van der Waals surface area (Å²) in [6.45, 7) is 5.87. The molecule has 10 heteroatoms. The van der Waals surface area contributed by atoms with Crippen molar-refractivity contribution in [3.63, 3.8) is 0 Å². The van der Waals surface area contributed by atoms with E-state index in [9.17, 15) is 13.2 Å². The van der Waals surface area contributed by atoms with Gasteiger partial charge in [0.1, 0.15) is 0 Å². The van der Waals surface area contributed by atoms with E-state index in [2.05, 4.69) is 10.2 Å². The number of methoxy groups -OCH3 is 2. The molecular weight excluding hydrogens is 458 g/mol. The molecule has 0 aromatic heterocycles. The largest absolute Gasteiger partial charge is 0.493 e. The highest BCUT2D eigenvalue weighted by Gasteiger charge is 2.25. The normalized spacial score (nSPS) is 14.7. The standard InChI is InChI=1S/C24H33N3O6S/c1-19(28)25-21-6-8-22(9-7-21)34(29,30)27(12-4-11-26-13-15-33-16-14-26)18-20-5-10-23(31-2)24(17-20)32-3/h5-10,17H,4,11-16,18H2,1-3H3,(H,25,28). The zero-order valence-corrected chi connectivity index (χ0v) is 20.8. The molecule has 0 bridgehead atoms. The summed E-state index contributed by atoms with van der Waals surface area (Å²) in [5.41, 5.74) is 1.34. The molecule has 0 saturated carbocycles. The van der Waals surface area contributed by atoms with Crippen LogP contribution in [0.1, 0.15) is 18.9 Å². The first-order valence-electron chi connectivity index (χ1n) is 11.2. The number of nitrogens with zero attached hydrogens (tertiary/aromatic N) is 2. The van der Waals surface area contributed by atoms with Gasteiger partial charge in [-0.2, -0.15) is 4.31 Å². The number of ether oxygens (including phenoxy) is 3. The van der Waals surface area contributed by atoms with Crippen LogP contribution in [0.4, 0.5) is 5.69 Å². The lowest BCUT2D eigenvalue weighted by molar-refractivity contribution is -0.114. The number of rotatable bonds is 11. The van der Waals surface area contributed by atoms with E-state index in [1.807, 2.05) is 6.07 Å². The number of carbonyl (C=O) groups is 1. The molecule has 2 aromatic rings. The van der Waals surface area contributed by atoms with E-state index in [1.54, 1.807) is 38.5 Å². The van der Waals surface area contributed by atoms with Crippen molar-refractivity contribution in [1.82, 2.24) is 9.21 Å². The summed E-state index contributed by atoms with van der Waals surface area (Å²) in [7, 11) is -0.667. The van der Waals surface area contributed by atoms with E-state index < -0.39 is 10.0 Å². The van der Waals surface area contributed by atoms with Crippen LogP contribution in [-0.4, -0.2) is 77.1 Å². The van der Waals surface area contributed by atoms with Crippen molar-refractivity contribution >= 4 is 21.6 Å². The number of benzene rings is 2. The number of anilines is 1. The zero-order valence-electron chi connectivity index (χ0n) is 20.0. The van der Waals surface area contributed by atoms with Crippen molar-refractivity contribution in [2.75, 3.05) is 58.9 Å². The van der Waals surface area contributed by atoms with Crippen LogP contribution in [0.25, 0.3) is 0 Å². The zero-order chi connectivity index (χ0) is 24.6. The monoisotopic (exact) mass is 491 g/mol. The van der Waals surface area contributed by atoms with Gasteiger partial charge in [-0.05, 0) is 54.9 Å². The Labute approximate surface area is 201 Å². The van der Waals surface area contributed by atoms with Gasteiger partial charge in [-0.3, -0.25) is 9.69 Å². The Balaban J connectivity index is 1.81. The molecule has 1 heterocycles. The average Bonchev–Trinajstić information content (AvgIpc) is 2.84. The molecular formula is C24H33N3O6S. The lowest BCUT2D eigenvalue weighted by Gasteiger charge is -2.28. The topological polar surface area (TPSA) is 97.4 Å². The minimum absolute atomic E-state index is 0.174. The van der Waals surface area contributed by atoms with Gasteiger partial charge in [0, 0.05) is 38.8 Å². The van der Waals surface area contributed by atoms with Crippen LogP contribution in [0, 0.1) is 0 Å². The van der Waals surface area contributed by atoms with Crippen LogP contribution in [0.5, 0.6) is 11.5 Å². The van der Waals surface area contributed by atoms with Crippen molar-refractivity contribution in [3.05, 3.63) is 48.0 Å². The molecule has 0 aliphatic carbocycles. The molecule has 1 aliphatic heterocycles. The van der Waals surface area contributed by atoms with Crippen LogP contribution < -0.4 is 14.8 Å². The van der Waals surface area contributed by atoms with Crippen LogP contribution in [-0.2, 0) is 26.1 Å². The molecule has 1 amide bonds. The quantitative estimate of drug-likeness (QED) is 0.516. The molecule has 3 rings (SSSR count). The maximum atomic E-state index is 13.6. The molecule has 34 heavy (non-hydrogen) atoms. The second-order valence-electron chi connectivity index (χ2n) is 8.04. The molecule has 2 aromatic carbocycles. The average molecular weight is 492 g/mol. The molecule has 9 nitrogen and oxygen atoms in total. The number of carbonyl (C=O) groups excluding carboxylic acids is 1. The first-order valence-corrected chi connectivity index (χ1v) is 12.7. The van der Waals surface area contributed by atoms with E-state index in [4.69, 9.17) is 14.2 Å². The summed E-state index contributed by atoms with van der Waals surface area (Å²) in [6.07, 6.45) is 0.691. The van der Waals surface area contributed by atoms with Gasteiger partial charge >= 0.3 is 0 Å². The molecule has 1 saturated heterocycles. The summed E-state index contributed by atoms with van der Waals surface area (Å²) >= 11 is 0. The highest BCUT2D eigenvalue weighted by molar-refractivity contribution is 7.89. The van der Waals surface area contributed by atoms with Gasteiger partial charge in [0.05, 0.1) is 32.3 Å². The molecule has 0 atom stereocenters. The maximum Gasteiger partial charge on any atom is 0.243 e. The Morgan fingerprint density at radius 3 is 2.35 bits per heavy atom. The molecule has 1 aliphatic rings. The molecule has 186 valence electrons. The van der Waals surface area contributed by atoms with Crippen LogP contribution in [0.15, 0.2) is 47.4 Å². The van der Waals surface area contributed by atoms with Gasteiger partial charge in [-0.1, -0.05) is 6.07 Å². The molecule has 0 radical (unpaired) electrons. The number of nitrogens with one attached hydrogen (secondary N) is 1. The summed E-state index contributed by atoms with van der Waals surface area (Å²) < 4.78 is 44.7. The van der Waals surface area contributed by atoms with E-state index in [-0.39, 0.29) is 17.3 Å². The fourth-order valence-electron chi connectivity index (χ4n) is 3.82. The second-order valence-corrected chi connectivity index (χ2v) is 9.98. The van der Waals surface area contributed by atoms with Crippen molar-refractivity contribution in [2.24, 2.45) is 0 Å². The van der Waals surface area contributed by atoms with Crippen molar-refractivity contribution in [3.8, 4) is 11.5 Å².